The number of amides is 3. The Bertz CT molecular complexity index is 794. The van der Waals surface area contributed by atoms with E-state index in [1.54, 1.807) is 25.7 Å². The molecule has 1 rings (SSSR count). The van der Waals surface area contributed by atoms with Gasteiger partial charge in [-0.25, -0.2) is 4.79 Å². The lowest BCUT2D eigenvalue weighted by Gasteiger charge is -2.35. The molecule has 0 fully saturated rings. The van der Waals surface area contributed by atoms with Crippen molar-refractivity contribution in [2.45, 2.75) is 92.8 Å². The van der Waals surface area contributed by atoms with Crippen molar-refractivity contribution in [2.75, 3.05) is 13.1 Å². The van der Waals surface area contributed by atoms with Crippen molar-refractivity contribution in [1.29, 1.82) is 0 Å². The highest BCUT2D eigenvalue weighted by Gasteiger charge is 2.36. The quantitative estimate of drug-likeness (QED) is 0.496. The van der Waals surface area contributed by atoms with Crippen LogP contribution in [0, 0.1) is 19.8 Å². The zero-order valence-electron chi connectivity index (χ0n) is 21.9. The first-order valence-corrected chi connectivity index (χ1v) is 12.0. The predicted octanol–water partition coefficient (Wildman–Crippen LogP) is 4.66. The number of carbonyl (C=O) groups excluding carboxylic acids is 3. The highest BCUT2D eigenvalue weighted by atomic mass is 16.6. The van der Waals surface area contributed by atoms with Gasteiger partial charge in [0.05, 0.1) is 0 Å². The fourth-order valence-electron chi connectivity index (χ4n) is 3.72. The maximum atomic E-state index is 13.7. The lowest BCUT2D eigenvalue weighted by Crippen LogP contribution is -2.54. The summed E-state index contributed by atoms with van der Waals surface area (Å²) in [5, 5.41) is 5.71. The number of ether oxygens (including phenoxy) is 1. The first-order valence-electron chi connectivity index (χ1n) is 12.0. The Morgan fingerprint density at radius 1 is 1.03 bits per heavy atom. The molecule has 0 heterocycles. The number of likely N-dealkylation sites (N-methyl/N-ethyl adjacent to an activating group) is 1. The number of unbranched alkanes of at least 4 members (excludes halogenated alkanes) is 1. The second-order valence-electron chi connectivity index (χ2n) is 9.96. The van der Waals surface area contributed by atoms with Crippen molar-refractivity contribution in [3.8, 4) is 0 Å². The lowest BCUT2D eigenvalue weighted by atomic mass is 9.96. The fourth-order valence-corrected chi connectivity index (χ4v) is 3.72. The molecule has 0 saturated heterocycles. The highest BCUT2D eigenvalue weighted by molar-refractivity contribution is 5.92. The standard InChI is InChI=1S/C26H43N3O4/c1-10-12-13-27-23(30)22(20-15-18(5)14-19(6)16-20)29(11-2)24(31)21(17(3)4)28-25(32)33-26(7,8)9/h14-17,21-22H,10-13H2,1-9H3,(H,27,30)(H,28,32). The molecule has 0 aliphatic heterocycles. The molecular weight excluding hydrogens is 418 g/mol. The Balaban J connectivity index is 3.34. The summed E-state index contributed by atoms with van der Waals surface area (Å²) in [7, 11) is 0. The van der Waals surface area contributed by atoms with Crippen LogP contribution in [0.25, 0.3) is 0 Å². The highest BCUT2D eigenvalue weighted by Crippen LogP contribution is 2.25. The second-order valence-corrected chi connectivity index (χ2v) is 9.96. The molecule has 2 unspecified atom stereocenters. The van der Waals surface area contributed by atoms with E-state index in [4.69, 9.17) is 4.74 Å². The van der Waals surface area contributed by atoms with Crippen LogP contribution in [0.3, 0.4) is 0 Å². The largest absolute Gasteiger partial charge is 0.444 e. The third kappa shape index (κ3) is 9.06. The summed E-state index contributed by atoms with van der Waals surface area (Å²) < 4.78 is 5.37. The molecule has 0 radical (unpaired) electrons. The molecule has 2 N–H and O–H groups in total. The molecule has 0 aromatic heterocycles. The Morgan fingerprint density at radius 3 is 2.06 bits per heavy atom. The molecule has 0 aliphatic carbocycles. The molecule has 186 valence electrons. The number of aryl methyl sites for hydroxylation is 2. The Labute approximate surface area is 199 Å². The Hall–Kier alpha value is -2.57. The van der Waals surface area contributed by atoms with E-state index in [1.165, 1.54) is 0 Å². The van der Waals surface area contributed by atoms with Gasteiger partial charge >= 0.3 is 6.09 Å². The Kier molecular flexibility index (Phi) is 10.9. The van der Waals surface area contributed by atoms with E-state index >= 15 is 0 Å². The van der Waals surface area contributed by atoms with Gasteiger partial charge in [-0.15, -0.1) is 0 Å². The van der Waals surface area contributed by atoms with Gasteiger partial charge in [0.25, 0.3) is 0 Å². The van der Waals surface area contributed by atoms with Crippen LogP contribution >= 0.6 is 0 Å². The van der Waals surface area contributed by atoms with Gasteiger partial charge in [-0.1, -0.05) is 56.5 Å². The third-order valence-electron chi connectivity index (χ3n) is 5.18. The SMILES string of the molecule is CCCCNC(=O)C(c1cc(C)cc(C)c1)N(CC)C(=O)C(NC(=O)OC(C)(C)C)C(C)C. The first-order chi connectivity index (χ1) is 15.3. The minimum Gasteiger partial charge on any atom is -0.444 e. The molecular formula is C26H43N3O4. The summed E-state index contributed by atoms with van der Waals surface area (Å²) in [5.41, 5.74) is 2.12. The van der Waals surface area contributed by atoms with Crippen LogP contribution in [0.15, 0.2) is 18.2 Å². The zero-order valence-corrected chi connectivity index (χ0v) is 21.9. The summed E-state index contributed by atoms with van der Waals surface area (Å²) in [6.07, 6.45) is 1.17. The van der Waals surface area contributed by atoms with Crippen LogP contribution in [0.1, 0.15) is 84.0 Å². The van der Waals surface area contributed by atoms with Gasteiger partial charge < -0.3 is 20.3 Å². The molecule has 33 heavy (non-hydrogen) atoms. The predicted molar refractivity (Wildman–Crippen MR) is 132 cm³/mol. The molecule has 0 saturated carbocycles. The summed E-state index contributed by atoms with van der Waals surface area (Å²) in [6, 6.07) is 4.31. The third-order valence-corrected chi connectivity index (χ3v) is 5.18. The average Bonchev–Trinajstić information content (AvgIpc) is 2.67. The summed E-state index contributed by atoms with van der Waals surface area (Å²) >= 11 is 0. The number of rotatable bonds is 10. The molecule has 2 atom stereocenters. The minimum absolute atomic E-state index is 0.192. The second kappa shape index (κ2) is 12.6. The van der Waals surface area contributed by atoms with Gasteiger partial charge in [0, 0.05) is 13.1 Å². The van der Waals surface area contributed by atoms with Gasteiger partial charge in [0.1, 0.15) is 17.7 Å². The number of hydrogen-bond acceptors (Lipinski definition) is 4. The van der Waals surface area contributed by atoms with Crippen LogP contribution in [0.5, 0.6) is 0 Å². The number of nitrogens with zero attached hydrogens (tertiary/aromatic N) is 1. The molecule has 0 spiro atoms. The van der Waals surface area contributed by atoms with Crippen molar-refractivity contribution in [3.05, 3.63) is 34.9 Å². The van der Waals surface area contributed by atoms with Crippen LogP contribution in [0.2, 0.25) is 0 Å². The first kappa shape index (κ1) is 28.5. The van der Waals surface area contributed by atoms with Crippen molar-refractivity contribution in [2.24, 2.45) is 5.92 Å². The van der Waals surface area contributed by atoms with E-state index in [-0.39, 0.29) is 17.7 Å². The van der Waals surface area contributed by atoms with E-state index in [1.807, 2.05) is 52.8 Å². The summed E-state index contributed by atoms with van der Waals surface area (Å²) in [6.45, 7) is 17.8. The van der Waals surface area contributed by atoms with Gasteiger partial charge in [0.15, 0.2) is 0 Å². The zero-order chi connectivity index (χ0) is 25.3. The van der Waals surface area contributed by atoms with Crippen molar-refractivity contribution < 1.29 is 19.1 Å². The lowest BCUT2D eigenvalue weighted by molar-refractivity contribution is -0.143. The molecule has 1 aromatic rings. The number of carbonyl (C=O) groups is 3. The van der Waals surface area contributed by atoms with Gasteiger partial charge in [-0.2, -0.15) is 0 Å². The topological polar surface area (TPSA) is 87.7 Å². The molecule has 7 heteroatoms. The van der Waals surface area contributed by atoms with Crippen LogP contribution in [-0.4, -0.2) is 47.5 Å². The number of benzene rings is 1. The van der Waals surface area contributed by atoms with E-state index in [0.29, 0.717) is 13.1 Å². The summed E-state index contributed by atoms with van der Waals surface area (Å²) in [4.78, 5) is 41.0. The van der Waals surface area contributed by atoms with E-state index in [0.717, 1.165) is 29.5 Å². The average molecular weight is 462 g/mol. The van der Waals surface area contributed by atoms with Crippen LogP contribution in [0.4, 0.5) is 4.79 Å². The molecule has 3 amide bonds. The van der Waals surface area contributed by atoms with E-state index in [9.17, 15) is 14.4 Å². The van der Waals surface area contributed by atoms with Crippen LogP contribution < -0.4 is 10.6 Å². The Morgan fingerprint density at radius 2 is 1.61 bits per heavy atom. The molecule has 7 nitrogen and oxygen atoms in total. The monoisotopic (exact) mass is 461 g/mol. The molecule has 1 aromatic carbocycles. The van der Waals surface area contributed by atoms with Crippen LogP contribution in [-0.2, 0) is 14.3 Å². The molecule has 0 aliphatic rings. The maximum Gasteiger partial charge on any atom is 0.408 e. The number of nitrogens with one attached hydrogen (secondary N) is 2. The number of hydrogen-bond donors (Lipinski definition) is 2. The van der Waals surface area contributed by atoms with Crippen molar-refractivity contribution in [1.82, 2.24) is 15.5 Å². The normalized spacial score (nSPS) is 13.3. The minimum atomic E-state index is -0.823. The number of alkyl carbamates (subject to hydrolysis) is 1. The maximum absolute atomic E-state index is 13.7. The van der Waals surface area contributed by atoms with E-state index < -0.39 is 23.8 Å². The van der Waals surface area contributed by atoms with Crippen molar-refractivity contribution >= 4 is 17.9 Å². The van der Waals surface area contributed by atoms with Gasteiger partial charge in [-0.05, 0) is 59.4 Å². The fraction of sp³-hybridized carbons (Fsp3) is 0.654. The summed E-state index contributed by atoms with van der Waals surface area (Å²) in [5.74, 6) is -0.723. The van der Waals surface area contributed by atoms with Gasteiger partial charge in [-0.3, -0.25) is 9.59 Å². The smallest absolute Gasteiger partial charge is 0.408 e. The van der Waals surface area contributed by atoms with Crippen molar-refractivity contribution in [3.63, 3.8) is 0 Å². The van der Waals surface area contributed by atoms with E-state index in [2.05, 4.69) is 17.6 Å². The van der Waals surface area contributed by atoms with Gasteiger partial charge in [0.2, 0.25) is 11.8 Å². The molecule has 0 bridgehead atoms.